The van der Waals surface area contributed by atoms with Gasteiger partial charge in [-0.15, -0.1) is 0 Å². The molecule has 378 valence electrons. The third-order valence-electron chi connectivity index (χ3n) is 10.9. The van der Waals surface area contributed by atoms with Gasteiger partial charge in [-0.2, -0.15) is 0 Å². The summed E-state index contributed by atoms with van der Waals surface area (Å²) in [4.78, 5) is 38.0. The lowest BCUT2D eigenvalue weighted by atomic mass is 10.1. The summed E-state index contributed by atoms with van der Waals surface area (Å²) in [6.45, 7) is 6.37. The van der Waals surface area contributed by atoms with Gasteiger partial charge in [-0.25, -0.2) is 0 Å². The van der Waals surface area contributed by atoms with Crippen LogP contribution in [-0.4, -0.2) is 37.2 Å². The first-order valence-corrected chi connectivity index (χ1v) is 27.0. The van der Waals surface area contributed by atoms with Gasteiger partial charge in [-0.05, 0) is 122 Å². The van der Waals surface area contributed by atoms with Crippen LogP contribution in [0, 0.1) is 0 Å². The largest absolute Gasteiger partial charge is 0.462 e. The monoisotopic (exact) mass is 927 g/mol. The molecule has 67 heavy (non-hydrogen) atoms. The Bertz CT molecular complexity index is 1440. The molecule has 0 radical (unpaired) electrons. The normalized spacial score (nSPS) is 13.1. The van der Waals surface area contributed by atoms with E-state index in [4.69, 9.17) is 14.2 Å². The molecule has 0 saturated heterocycles. The van der Waals surface area contributed by atoms with E-state index in [-0.39, 0.29) is 50.4 Å². The minimum atomic E-state index is -0.833. The number of hydrogen-bond donors (Lipinski definition) is 0. The number of hydrogen-bond acceptors (Lipinski definition) is 6. The summed E-state index contributed by atoms with van der Waals surface area (Å²) in [6, 6.07) is 0. The van der Waals surface area contributed by atoms with Crippen LogP contribution >= 0.6 is 0 Å². The Morgan fingerprint density at radius 3 is 0.985 bits per heavy atom. The first-order chi connectivity index (χ1) is 33.0. The fourth-order valence-corrected chi connectivity index (χ4v) is 6.88. The quantitative estimate of drug-likeness (QED) is 0.0262. The highest BCUT2D eigenvalue weighted by Crippen LogP contribution is 2.12. The van der Waals surface area contributed by atoms with Crippen molar-refractivity contribution in [2.75, 3.05) is 13.2 Å². The molecule has 0 unspecified atom stereocenters. The first-order valence-electron chi connectivity index (χ1n) is 27.0. The molecule has 0 heterocycles. The van der Waals surface area contributed by atoms with Crippen molar-refractivity contribution in [2.24, 2.45) is 0 Å². The van der Waals surface area contributed by atoms with Crippen molar-refractivity contribution in [3.05, 3.63) is 122 Å². The maximum Gasteiger partial charge on any atom is 0.306 e. The SMILES string of the molecule is CC/C=C\C/C=C\C/C=C\CCCCCCCC(=O)O[C@H](COC(=O)CCC/C=C\C/C=C\C/C=C\C/C=C\CCCCC)COC(=O)CCC/C=C\C/C=C\C/C=C\CCCCCCCC. The molecule has 0 rings (SSSR count). The van der Waals surface area contributed by atoms with E-state index in [1.807, 2.05) is 0 Å². The van der Waals surface area contributed by atoms with Gasteiger partial charge in [0.1, 0.15) is 13.2 Å². The van der Waals surface area contributed by atoms with Crippen molar-refractivity contribution in [3.63, 3.8) is 0 Å². The van der Waals surface area contributed by atoms with E-state index in [1.165, 1.54) is 70.6 Å². The van der Waals surface area contributed by atoms with Crippen molar-refractivity contribution in [1.29, 1.82) is 0 Å². The number of rotatable bonds is 47. The molecule has 1 atom stereocenters. The average molecular weight is 927 g/mol. The molecular weight excluding hydrogens is 829 g/mol. The third-order valence-corrected chi connectivity index (χ3v) is 10.9. The Hall–Kier alpha value is -4.19. The van der Waals surface area contributed by atoms with E-state index in [0.29, 0.717) is 12.8 Å². The minimum absolute atomic E-state index is 0.132. The molecule has 0 bridgehead atoms. The Kier molecular flexibility index (Phi) is 51.0. The molecule has 6 heteroatoms. The summed E-state index contributed by atoms with van der Waals surface area (Å²) < 4.78 is 16.7. The zero-order valence-electron chi connectivity index (χ0n) is 43.1. The zero-order valence-corrected chi connectivity index (χ0v) is 43.1. The molecule has 0 saturated carbocycles. The van der Waals surface area contributed by atoms with Crippen LogP contribution in [-0.2, 0) is 28.6 Å². The summed E-state index contributed by atoms with van der Waals surface area (Å²) in [5, 5.41) is 0. The molecule has 0 N–H and O–H groups in total. The first kappa shape index (κ1) is 62.8. The van der Waals surface area contributed by atoms with E-state index in [9.17, 15) is 14.4 Å². The van der Waals surface area contributed by atoms with Gasteiger partial charge in [0, 0.05) is 19.3 Å². The van der Waals surface area contributed by atoms with Crippen LogP contribution in [0.1, 0.15) is 226 Å². The van der Waals surface area contributed by atoms with Crippen LogP contribution < -0.4 is 0 Å². The Morgan fingerprint density at radius 1 is 0.313 bits per heavy atom. The van der Waals surface area contributed by atoms with Crippen LogP contribution in [0.5, 0.6) is 0 Å². The summed E-state index contributed by atoms with van der Waals surface area (Å²) in [7, 11) is 0. The zero-order chi connectivity index (χ0) is 48.6. The van der Waals surface area contributed by atoms with Crippen molar-refractivity contribution < 1.29 is 28.6 Å². The molecular formula is C61H98O6. The predicted molar refractivity (Wildman–Crippen MR) is 288 cm³/mol. The summed E-state index contributed by atoms with van der Waals surface area (Å²) >= 11 is 0. The molecule has 0 spiro atoms. The second-order valence-corrected chi connectivity index (χ2v) is 17.4. The molecule has 0 amide bonds. The topological polar surface area (TPSA) is 78.9 Å². The van der Waals surface area contributed by atoms with Crippen molar-refractivity contribution in [2.45, 2.75) is 232 Å². The molecule has 0 aromatic carbocycles. The van der Waals surface area contributed by atoms with Crippen molar-refractivity contribution in [3.8, 4) is 0 Å². The van der Waals surface area contributed by atoms with Crippen LogP contribution in [0.4, 0.5) is 0 Å². The number of allylic oxidation sites excluding steroid dienone is 20. The second kappa shape index (κ2) is 54.4. The number of unbranched alkanes of at least 4 members (excludes halogenated alkanes) is 16. The van der Waals surface area contributed by atoms with Crippen LogP contribution in [0.15, 0.2) is 122 Å². The van der Waals surface area contributed by atoms with Gasteiger partial charge in [-0.1, -0.05) is 206 Å². The van der Waals surface area contributed by atoms with Gasteiger partial charge in [-0.3, -0.25) is 14.4 Å². The lowest BCUT2D eigenvalue weighted by molar-refractivity contribution is -0.167. The van der Waals surface area contributed by atoms with Crippen LogP contribution in [0.25, 0.3) is 0 Å². The summed E-state index contributed by atoms with van der Waals surface area (Å²) in [6.07, 6.45) is 74.8. The fourth-order valence-electron chi connectivity index (χ4n) is 6.88. The minimum Gasteiger partial charge on any atom is -0.462 e. The molecule has 6 nitrogen and oxygen atoms in total. The maximum absolute atomic E-state index is 12.8. The van der Waals surface area contributed by atoms with Gasteiger partial charge in [0.15, 0.2) is 6.10 Å². The van der Waals surface area contributed by atoms with Gasteiger partial charge in [0.25, 0.3) is 0 Å². The third kappa shape index (κ3) is 52.6. The van der Waals surface area contributed by atoms with E-state index < -0.39 is 6.10 Å². The summed E-state index contributed by atoms with van der Waals surface area (Å²) in [5.41, 5.74) is 0. The average Bonchev–Trinajstić information content (AvgIpc) is 3.33. The molecule has 0 fully saturated rings. The van der Waals surface area contributed by atoms with Crippen molar-refractivity contribution >= 4 is 17.9 Å². The Morgan fingerprint density at radius 2 is 0.597 bits per heavy atom. The number of ether oxygens (including phenoxy) is 3. The Labute approximate surface area is 412 Å². The number of esters is 3. The fraction of sp³-hybridized carbons (Fsp3) is 0.623. The van der Waals surface area contributed by atoms with Gasteiger partial charge in [0.2, 0.25) is 0 Å². The number of carbonyl (C=O) groups excluding carboxylic acids is 3. The van der Waals surface area contributed by atoms with Gasteiger partial charge >= 0.3 is 17.9 Å². The second-order valence-electron chi connectivity index (χ2n) is 17.4. The Balaban J connectivity index is 4.59. The summed E-state index contributed by atoms with van der Waals surface area (Å²) in [5.74, 6) is -1.06. The number of carbonyl (C=O) groups is 3. The van der Waals surface area contributed by atoms with Gasteiger partial charge in [0.05, 0.1) is 0 Å². The van der Waals surface area contributed by atoms with E-state index in [2.05, 4.69) is 142 Å². The van der Waals surface area contributed by atoms with Crippen LogP contribution in [0.2, 0.25) is 0 Å². The highest BCUT2D eigenvalue weighted by Gasteiger charge is 2.19. The molecule has 0 aliphatic heterocycles. The van der Waals surface area contributed by atoms with E-state index in [1.54, 1.807) is 0 Å². The molecule has 0 aliphatic carbocycles. The smallest absolute Gasteiger partial charge is 0.306 e. The van der Waals surface area contributed by atoms with E-state index in [0.717, 1.165) is 103 Å². The lowest BCUT2D eigenvalue weighted by Gasteiger charge is -2.18. The molecule has 0 aliphatic rings. The van der Waals surface area contributed by atoms with E-state index >= 15 is 0 Å². The van der Waals surface area contributed by atoms with Crippen molar-refractivity contribution in [1.82, 2.24) is 0 Å². The standard InChI is InChI=1S/C61H98O6/c1-4-7-10-13-16-19-22-25-28-30-33-35-38-41-44-47-50-53-59(62)65-56-58(67-61(64)55-52-49-46-43-40-37-32-27-24-21-18-15-12-9-6-3)57-66-60(63)54-51-48-45-42-39-36-34-31-29-26-23-20-17-14-11-8-5-2/h9,12,16,18-19,21,25-29,32-36,41-42,44-45,58H,4-8,10-11,13-15,17,20,22-24,30-31,37-40,43,46-57H2,1-3H3/b12-9-,19-16-,21-18-,28-25-,29-26-,32-27-,35-33-,36-34-,44-41-,45-42-/t58-/m1/s1. The molecule has 0 aromatic rings. The van der Waals surface area contributed by atoms with Gasteiger partial charge < -0.3 is 14.2 Å². The highest BCUT2D eigenvalue weighted by atomic mass is 16.6. The molecule has 0 aromatic heterocycles. The lowest BCUT2D eigenvalue weighted by Crippen LogP contribution is -2.30. The highest BCUT2D eigenvalue weighted by molar-refractivity contribution is 5.71. The maximum atomic E-state index is 12.8. The predicted octanol–water partition coefficient (Wildman–Crippen LogP) is 18.1. The van der Waals surface area contributed by atoms with Crippen LogP contribution in [0.3, 0.4) is 0 Å².